The van der Waals surface area contributed by atoms with Gasteiger partial charge in [0.25, 0.3) is 10.2 Å². The molecule has 0 aromatic heterocycles. The quantitative estimate of drug-likeness (QED) is 0.811. The van der Waals surface area contributed by atoms with E-state index in [4.69, 9.17) is 0 Å². The van der Waals surface area contributed by atoms with E-state index in [0.29, 0.717) is 44.1 Å². The number of fused-ring (bicyclic) bond motifs is 1. The third kappa shape index (κ3) is 2.68. The fourth-order valence-electron chi connectivity index (χ4n) is 3.74. The molecular formula is C13H25N3O2S. The summed E-state index contributed by atoms with van der Waals surface area (Å²) in [5.41, 5.74) is 0. The van der Waals surface area contributed by atoms with Gasteiger partial charge in [-0.3, -0.25) is 0 Å². The molecule has 0 bridgehead atoms. The first-order valence-corrected chi connectivity index (χ1v) is 8.95. The van der Waals surface area contributed by atoms with Gasteiger partial charge in [-0.25, -0.2) is 0 Å². The first kappa shape index (κ1) is 13.8. The van der Waals surface area contributed by atoms with E-state index in [0.717, 1.165) is 32.2 Å². The predicted molar refractivity (Wildman–Crippen MR) is 75.0 cm³/mol. The summed E-state index contributed by atoms with van der Waals surface area (Å²) in [4.78, 5) is 0. The van der Waals surface area contributed by atoms with E-state index in [2.05, 4.69) is 12.2 Å². The Bertz CT molecular complexity index is 426. The fourth-order valence-corrected chi connectivity index (χ4v) is 5.59. The summed E-state index contributed by atoms with van der Waals surface area (Å²) >= 11 is 0. The molecule has 3 unspecified atom stereocenters. The molecule has 110 valence electrons. The molecule has 3 rings (SSSR count). The molecule has 6 heteroatoms. The van der Waals surface area contributed by atoms with Crippen molar-refractivity contribution in [2.24, 2.45) is 11.8 Å². The lowest BCUT2D eigenvalue weighted by molar-refractivity contribution is 0.213. The molecule has 3 saturated heterocycles. The van der Waals surface area contributed by atoms with Crippen LogP contribution in [-0.2, 0) is 10.2 Å². The van der Waals surface area contributed by atoms with Gasteiger partial charge in [-0.1, -0.05) is 6.92 Å². The second-order valence-electron chi connectivity index (χ2n) is 6.37. The van der Waals surface area contributed by atoms with E-state index >= 15 is 0 Å². The number of nitrogens with zero attached hydrogens (tertiary/aromatic N) is 2. The highest BCUT2D eigenvalue weighted by atomic mass is 32.2. The lowest BCUT2D eigenvalue weighted by atomic mass is 9.95. The van der Waals surface area contributed by atoms with E-state index in [1.165, 1.54) is 0 Å². The fraction of sp³-hybridized carbons (Fsp3) is 1.00. The van der Waals surface area contributed by atoms with Crippen molar-refractivity contribution in [3.8, 4) is 0 Å². The molecule has 3 fully saturated rings. The van der Waals surface area contributed by atoms with Crippen molar-refractivity contribution in [2.75, 3.05) is 32.7 Å². The van der Waals surface area contributed by atoms with Gasteiger partial charge in [-0.15, -0.1) is 0 Å². The highest BCUT2D eigenvalue weighted by Crippen LogP contribution is 2.28. The molecule has 3 heterocycles. The van der Waals surface area contributed by atoms with Crippen LogP contribution in [0.5, 0.6) is 0 Å². The van der Waals surface area contributed by atoms with Crippen molar-refractivity contribution in [3.63, 3.8) is 0 Å². The van der Waals surface area contributed by atoms with Crippen LogP contribution in [0.4, 0.5) is 0 Å². The maximum atomic E-state index is 12.7. The SMILES string of the molecule is CC1CCCN(S(=O)(=O)N2CCC3NCCC3C2)C1. The van der Waals surface area contributed by atoms with Crippen LogP contribution in [0.3, 0.4) is 0 Å². The van der Waals surface area contributed by atoms with Gasteiger partial charge in [0, 0.05) is 32.2 Å². The van der Waals surface area contributed by atoms with E-state index in [-0.39, 0.29) is 0 Å². The summed E-state index contributed by atoms with van der Waals surface area (Å²) in [5.74, 6) is 1.01. The topological polar surface area (TPSA) is 52.7 Å². The van der Waals surface area contributed by atoms with Crippen molar-refractivity contribution in [1.29, 1.82) is 0 Å². The Morgan fingerprint density at radius 2 is 1.84 bits per heavy atom. The second-order valence-corrected chi connectivity index (χ2v) is 8.30. The molecule has 3 aliphatic rings. The molecule has 5 nitrogen and oxygen atoms in total. The summed E-state index contributed by atoms with van der Waals surface area (Å²) in [6.07, 6.45) is 4.24. The molecule has 0 spiro atoms. The van der Waals surface area contributed by atoms with Crippen LogP contribution < -0.4 is 5.32 Å². The minimum Gasteiger partial charge on any atom is -0.314 e. The molecule has 19 heavy (non-hydrogen) atoms. The van der Waals surface area contributed by atoms with Gasteiger partial charge >= 0.3 is 0 Å². The molecule has 0 saturated carbocycles. The monoisotopic (exact) mass is 287 g/mol. The first-order valence-electron chi connectivity index (χ1n) is 7.56. The highest BCUT2D eigenvalue weighted by Gasteiger charge is 2.40. The van der Waals surface area contributed by atoms with Crippen molar-refractivity contribution < 1.29 is 8.42 Å². The van der Waals surface area contributed by atoms with Gasteiger partial charge in [-0.2, -0.15) is 17.0 Å². The zero-order valence-electron chi connectivity index (χ0n) is 11.7. The number of nitrogens with one attached hydrogen (secondary N) is 1. The van der Waals surface area contributed by atoms with Crippen LogP contribution >= 0.6 is 0 Å². The van der Waals surface area contributed by atoms with Crippen LogP contribution in [-0.4, -0.2) is 55.8 Å². The van der Waals surface area contributed by atoms with Gasteiger partial charge in [0.2, 0.25) is 0 Å². The minimum atomic E-state index is -3.22. The largest absolute Gasteiger partial charge is 0.314 e. The van der Waals surface area contributed by atoms with Crippen LogP contribution in [0.2, 0.25) is 0 Å². The molecule has 0 aromatic rings. The predicted octanol–water partition coefficient (Wildman–Crippen LogP) is 0.647. The summed E-state index contributed by atoms with van der Waals surface area (Å²) < 4.78 is 28.9. The molecule has 3 atom stereocenters. The van der Waals surface area contributed by atoms with Gasteiger partial charge < -0.3 is 5.32 Å². The maximum Gasteiger partial charge on any atom is 0.281 e. The highest BCUT2D eigenvalue weighted by molar-refractivity contribution is 7.86. The van der Waals surface area contributed by atoms with Crippen molar-refractivity contribution >= 4 is 10.2 Å². The van der Waals surface area contributed by atoms with Crippen molar-refractivity contribution in [2.45, 2.75) is 38.6 Å². The zero-order chi connectivity index (χ0) is 13.5. The molecular weight excluding hydrogens is 262 g/mol. The Morgan fingerprint density at radius 1 is 1.05 bits per heavy atom. The first-order chi connectivity index (χ1) is 9.07. The molecule has 1 N–H and O–H groups in total. The number of rotatable bonds is 2. The third-order valence-electron chi connectivity index (χ3n) is 4.89. The van der Waals surface area contributed by atoms with E-state index in [1.54, 1.807) is 8.61 Å². The Morgan fingerprint density at radius 3 is 2.63 bits per heavy atom. The number of hydrogen-bond acceptors (Lipinski definition) is 3. The lowest BCUT2D eigenvalue weighted by Gasteiger charge is -2.39. The van der Waals surface area contributed by atoms with Gasteiger partial charge in [0.1, 0.15) is 0 Å². The average molecular weight is 287 g/mol. The molecule has 0 aliphatic carbocycles. The Hall–Kier alpha value is -0.170. The van der Waals surface area contributed by atoms with Gasteiger partial charge in [0.05, 0.1) is 0 Å². The van der Waals surface area contributed by atoms with Crippen LogP contribution in [0.25, 0.3) is 0 Å². The number of piperidine rings is 2. The number of hydrogen-bond donors (Lipinski definition) is 1. The van der Waals surface area contributed by atoms with E-state index < -0.39 is 10.2 Å². The Labute approximate surface area is 116 Å². The molecule has 0 aromatic carbocycles. The molecule has 0 amide bonds. The van der Waals surface area contributed by atoms with Crippen LogP contribution in [0.15, 0.2) is 0 Å². The van der Waals surface area contributed by atoms with Crippen LogP contribution in [0.1, 0.15) is 32.6 Å². The Balaban J connectivity index is 1.69. The summed E-state index contributed by atoms with van der Waals surface area (Å²) in [5, 5.41) is 3.48. The van der Waals surface area contributed by atoms with E-state index in [9.17, 15) is 8.42 Å². The minimum absolute atomic E-state index is 0.495. The Kier molecular flexibility index (Phi) is 3.86. The maximum absolute atomic E-state index is 12.7. The normalized spacial score (nSPS) is 38.3. The summed E-state index contributed by atoms with van der Waals surface area (Å²) in [7, 11) is -3.22. The van der Waals surface area contributed by atoms with Gasteiger partial charge in [-0.05, 0) is 44.1 Å². The zero-order valence-corrected chi connectivity index (χ0v) is 12.5. The average Bonchev–Trinajstić information content (AvgIpc) is 2.85. The molecule has 3 aliphatic heterocycles. The van der Waals surface area contributed by atoms with E-state index in [1.807, 2.05) is 0 Å². The van der Waals surface area contributed by atoms with Gasteiger partial charge in [0.15, 0.2) is 0 Å². The summed E-state index contributed by atoms with van der Waals surface area (Å²) in [6.45, 7) is 5.99. The third-order valence-corrected chi connectivity index (χ3v) is 6.86. The lowest BCUT2D eigenvalue weighted by Crippen LogP contribution is -2.53. The smallest absolute Gasteiger partial charge is 0.281 e. The van der Waals surface area contributed by atoms with Crippen LogP contribution in [0, 0.1) is 11.8 Å². The second kappa shape index (κ2) is 5.31. The molecule has 0 radical (unpaired) electrons. The van der Waals surface area contributed by atoms with Crippen molar-refractivity contribution in [3.05, 3.63) is 0 Å². The summed E-state index contributed by atoms with van der Waals surface area (Å²) in [6, 6.07) is 0.548. The standard InChI is InChI=1S/C13H25N3O2S/c1-11-3-2-7-15(9-11)19(17,18)16-8-5-13-12(10-16)4-6-14-13/h11-14H,2-10H2,1H3. The van der Waals surface area contributed by atoms with Crippen molar-refractivity contribution in [1.82, 2.24) is 13.9 Å².